The molecule has 0 aliphatic carbocycles. The fourth-order valence-electron chi connectivity index (χ4n) is 2.49. The molecular formula is C17H11F2N3O4. The predicted octanol–water partition coefficient (Wildman–Crippen LogP) is 2.09. The molecule has 0 radical (unpaired) electrons. The molecule has 3 aromatic rings. The van der Waals surface area contributed by atoms with Crippen LogP contribution >= 0.6 is 0 Å². The summed E-state index contributed by atoms with van der Waals surface area (Å²) in [7, 11) is 0. The number of nitrogens with zero attached hydrogens (tertiary/aromatic N) is 2. The predicted molar refractivity (Wildman–Crippen MR) is 86.5 cm³/mol. The smallest absolute Gasteiger partial charge is 0.322 e. The molecule has 0 saturated carbocycles. The van der Waals surface area contributed by atoms with Crippen molar-refractivity contribution >= 4 is 22.9 Å². The van der Waals surface area contributed by atoms with Gasteiger partial charge in [0.15, 0.2) is 0 Å². The zero-order valence-electron chi connectivity index (χ0n) is 13.0. The first-order valence-electron chi connectivity index (χ1n) is 7.30. The molecule has 0 saturated heterocycles. The zero-order chi connectivity index (χ0) is 18.8. The minimum Gasteiger partial charge on any atom is -0.506 e. The number of hydrogen-bond acceptors (Lipinski definition) is 5. The Bertz CT molecular complexity index is 1020. The molecule has 0 aliphatic heterocycles. The normalized spacial score (nSPS) is 10.7. The molecule has 9 heteroatoms. The summed E-state index contributed by atoms with van der Waals surface area (Å²) in [6.45, 7) is -0.682. The lowest BCUT2D eigenvalue weighted by atomic mass is 9.98. The Morgan fingerprint density at radius 1 is 1.04 bits per heavy atom. The van der Waals surface area contributed by atoms with Gasteiger partial charge in [0.25, 0.3) is 5.91 Å². The highest BCUT2D eigenvalue weighted by atomic mass is 19.1. The van der Waals surface area contributed by atoms with Gasteiger partial charge in [0, 0.05) is 24.0 Å². The average molecular weight is 359 g/mol. The van der Waals surface area contributed by atoms with Crippen LogP contribution in [0.2, 0.25) is 0 Å². The number of benzene rings is 2. The fraction of sp³-hybridized carbons (Fsp3) is 0.0588. The molecule has 1 aromatic heterocycles. The molecule has 0 unspecified atom stereocenters. The number of carbonyl (C=O) groups is 2. The lowest BCUT2D eigenvalue weighted by molar-refractivity contribution is -0.135. The lowest BCUT2D eigenvalue weighted by Gasteiger charge is -2.13. The van der Waals surface area contributed by atoms with Crippen molar-refractivity contribution in [3.63, 3.8) is 0 Å². The molecule has 26 heavy (non-hydrogen) atoms. The van der Waals surface area contributed by atoms with Gasteiger partial charge in [0.2, 0.25) is 0 Å². The van der Waals surface area contributed by atoms with Crippen molar-refractivity contribution in [1.82, 2.24) is 15.3 Å². The van der Waals surface area contributed by atoms with E-state index in [0.29, 0.717) is 6.07 Å². The largest absolute Gasteiger partial charge is 0.506 e. The number of rotatable bonds is 4. The minimum atomic E-state index is -1.28. The fourth-order valence-corrected chi connectivity index (χ4v) is 2.49. The second-order valence-electron chi connectivity index (χ2n) is 5.31. The Morgan fingerprint density at radius 2 is 1.69 bits per heavy atom. The van der Waals surface area contributed by atoms with Crippen molar-refractivity contribution in [3.05, 3.63) is 53.9 Å². The van der Waals surface area contributed by atoms with Crippen LogP contribution in [0.5, 0.6) is 5.75 Å². The van der Waals surface area contributed by atoms with E-state index >= 15 is 0 Å². The van der Waals surface area contributed by atoms with Crippen LogP contribution in [0.4, 0.5) is 8.78 Å². The third kappa shape index (κ3) is 3.27. The van der Waals surface area contributed by atoms with Gasteiger partial charge in [-0.25, -0.2) is 8.78 Å². The van der Waals surface area contributed by atoms with Crippen molar-refractivity contribution in [1.29, 1.82) is 0 Å². The number of aromatic nitrogens is 2. The third-order valence-electron chi connectivity index (χ3n) is 3.54. The SMILES string of the molecule is O=C(O)CNC(=O)c1c(O)c(-c2cc(F)cc(F)c2)cc2nccnc12. The van der Waals surface area contributed by atoms with Gasteiger partial charge in [0.1, 0.15) is 35.0 Å². The number of carboxylic acid groups (broad SMARTS) is 1. The maximum atomic E-state index is 13.5. The van der Waals surface area contributed by atoms with Crippen molar-refractivity contribution < 1.29 is 28.6 Å². The molecule has 1 heterocycles. The number of amides is 1. The number of hydrogen-bond donors (Lipinski definition) is 3. The number of phenolic OH excluding ortho intramolecular Hbond substituents is 1. The molecule has 1 amide bonds. The summed E-state index contributed by atoms with van der Waals surface area (Å²) in [6.07, 6.45) is 2.63. The van der Waals surface area contributed by atoms with E-state index < -0.39 is 35.8 Å². The molecule has 0 aliphatic rings. The standard InChI is InChI=1S/C17H11F2N3O4/c18-9-3-8(4-10(19)5-9)11-6-12-15(21-2-1-20-12)14(16(11)25)17(26)22-7-13(23)24/h1-6,25H,7H2,(H,22,26)(H,23,24). The number of carboxylic acids is 1. The summed E-state index contributed by atoms with van der Waals surface area (Å²) >= 11 is 0. The molecule has 0 fully saturated rings. The van der Waals surface area contributed by atoms with Crippen LogP contribution in [0, 0.1) is 11.6 Å². The van der Waals surface area contributed by atoms with E-state index in [4.69, 9.17) is 5.11 Å². The van der Waals surface area contributed by atoms with Crippen LogP contribution in [-0.4, -0.2) is 38.6 Å². The van der Waals surface area contributed by atoms with Crippen molar-refractivity contribution in [2.75, 3.05) is 6.54 Å². The summed E-state index contributed by atoms with van der Waals surface area (Å²) in [5.74, 6) is -4.51. The monoisotopic (exact) mass is 359 g/mol. The number of nitrogens with one attached hydrogen (secondary N) is 1. The quantitative estimate of drug-likeness (QED) is 0.658. The Labute approximate surface area is 144 Å². The van der Waals surface area contributed by atoms with Gasteiger partial charge in [0.05, 0.1) is 5.52 Å². The number of aliphatic carboxylic acids is 1. The number of aromatic hydroxyl groups is 1. The van der Waals surface area contributed by atoms with E-state index in [-0.39, 0.29) is 27.7 Å². The van der Waals surface area contributed by atoms with Crippen LogP contribution in [-0.2, 0) is 4.79 Å². The molecule has 0 bridgehead atoms. The summed E-state index contributed by atoms with van der Waals surface area (Å²) in [5, 5.41) is 21.4. The molecule has 7 nitrogen and oxygen atoms in total. The van der Waals surface area contributed by atoms with Crippen molar-refractivity contribution in [2.24, 2.45) is 0 Å². The maximum absolute atomic E-state index is 13.5. The van der Waals surface area contributed by atoms with Gasteiger partial charge in [-0.05, 0) is 23.8 Å². The van der Waals surface area contributed by atoms with Crippen LogP contribution in [0.3, 0.4) is 0 Å². The van der Waals surface area contributed by atoms with E-state index in [1.165, 1.54) is 18.5 Å². The lowest BCUT2D eigenvalue weighted by Crippen LogP contribution is -2.29. The number of fused-ring (bicyclic) bond motifs is 1. The summed E-state index contributed by atoms with van der Waals surface area (Å²) in [4.78, 5) is 31.0. The van der Waals surface area contributed by atoms with E-state index in [0.717, 1.165) is 12.1 Å². The van der Waals surface area contributed by atoms with E-state index in [9.17, 15) is 23.5 Å². The highest BCUT2D eigenvalue weighted by Crippen LogP contribution is 2.37. The first-order chi connectivity index (χ1) is 12.4. The average Bonchev–Trinajstić information content (AvgIpc) is 2.58. The Hall–Kier alpha value is -3.62. The van der Waals surface area contributed by atoms with Gasteiger partial charge >= 0.3 is 5.97 Å². The first kappa shape index (κ1) is 17.2. The summed E-state index contributed by atoms with van der Waals surface area (Å²) in [6, 6.07) is 3.97. The van der Waals surface area contributed by atoms with Gasteiger partial charge < -0.3 is 15.5 Å². The molecule has 0 spiro atoms. The topological polar surface area (TPSA) is 112 Å². The van der Waals surface area contributed by atoms with E-state index in [1.807, 2.05) is 0 Å². The first-order valence-corrected chi connectivity index (χ1v) is 7.30. The molecule has 3 N–H and O–H groups in total. The highest BCUT2D eigenvalue weighted by molar-refractivity contribution is 6.10. The molecular weight excluding hydrogens is 348 g/mol. The van der Waals surface area contributed by atoms with E-state index in [1.54, 1.807) is 0 Å². The number of phenols is 1. The second kappa shape index (κ2) is 6.71. The third-order valence-corrected chi connectivity index (χ3v) is 3.54. The van der Waals surface area contributed by atoms with Gasteiger partial charge in [-0.2, -0.15) is 0 Å². The number of carbonyl (C=O) groups excluding carboxylic acids is 1. The molecule has 0 atom stereocenters. The number of halogens is 2. The van der Waals surface area contributed by atoms with Crippen molar-refractivity contribution in [3.8, 4) is 16.9 Å². The Morgan fingerprint density at radius 3 is 2.35 bits per heavy atom. The van der Waals surface area contributed by atoms with Crippen molar-refractivity contribution in [2.45, 2.75) is 0 Å². The van der Waals surface area contributed by atoms with Crippen LogP contribution in [0.1, 0.15) is 10.4 Å². The molecule has 132 valence electrons. The summed E-state index contributed by atoms with van der Waals surface area (Å²) in [5.41, 5.74) is -0.188. The Balaban J connectivity index is 2.24. The van der Waals surface area contributed by atoms with Gasteiger partial charge in [-0.15, -0.1) is 0 Å². The Kier molecular flexibility index (Phi) is 4.44. The summed E-state index contributed by atoms with van der Waals surface area (Å²) < 4.78 is 27.1. The van der Waals surface area contributed by atoms with Crippen LogP contribution < -0.4 is 5.32 Å². The second-order valence-corrected chi connectivity index (χ2v) is 5.31. The molecule has 3 rings (SSSR count). The minimum absolute atomic E-state index is 0.0140. The van der Waals surface area contributed by atoms with Crippen LogP contribution in [0.25, 0.3) is 22.2 Å². The van der Waals surface area contributed by atoms with Crippen LogP contribution in [0.15, 0.2) is 36.7 Å². The highest BCUT2D eigenvalue weighted by Gasteiger charge is 2.22. The van der Waals surface area contributed by atoms with Gasteiger partial charge in [-0.3, -0.25) is 19.6 Å². The molecule has 2 aromatic carbocycles. The van der Waals surface area contributed by atoms with Gasteiger partial charge in [-0.1, -0.05) is 0 Å². The zero-order valence-corrected chi connectivity index (χ0v) is 13.0. The van der Waals surface area contributed by atoms with E-state index in [2.05, 4.69) is 15.3 Å². The maximum Gasteiger partial charge on any atom is 0.322 e.